The van der Waals surface area contributed by atoms with E-state index >= 15 is 0 Å². The van der Waals surface area contributed by atoms with E-state index in [0.29, 0.717) is 18.0 Å². The Hall–Kier alpha value is -2.82. The molecular formula is C18H19N3O2. The number of hydrogen-bond donors (Lipinski definition) is 3. The van der Waals surface area contributed by atoms with Gasteiger partial charge in [-0.25, -0.2) is 4.79 Å². The Morgan fingerprint density at radius 2 is 1.74 bits per heavy atom. The van der Waals surface area contributed by atoms with Crippen molar-refractivity contribution in [3.8, 4) is 0 Å². The molecule has 3 aromatic rings. The van der Waals surface area contributed by atoms with E-state index in [0.717, 1.165) is 16.6 Å². The Labute approximate surface area is 133 Å². The standard InChI is InChI=1S/C18H19N3O2/c1-11(2)13-4-6-14(7-5-13)17(22)19-10-12-3-8-15-16(9-12)21-18(23)20-15/h3-9,11H,10H2,1-2H3,(H,19,22)(H2,20,21,23). The van der Waals surface area contributed by atoms with Crippen LogP contribution in [0.25, 0.3) is 11.0 Å². The largest absolute Gasteiger partial charge is 0.348 e. The lowest BCUT2D eigenvalue weighted by atomic mass is 10.0. The molecule has 0 aliphatic rings. The van der Waals surface area contributed by atoms with Crippen LogP contribution < -0.4 is 11.0 Å². The van der Waals surface area contributed by atoms with Crippen molar-refractivity contribution >= 4 is 16.9 Å². The third-order valence-corrected chi connectivity index (χ3v) is 3.87. The first-order valence-corrected chi connectivity index (χ1v) is 7.62. The van der Waals surface area contributed by atoms with Crippen LogP contribution in [0.2, 0.25) is 0 Å². The molecule has 3 N–H and O–H groups in total. The molecule has 0 fully saturated rings. The Kier molecular flexibility index (Phi) is 4.02. The highest BCUT2D eigenvalue weighted by atomic mass is 16.1. The number of aromatic nitrogens is 2. The summed E-state index contributed by atoms with van der Waals surface area (Å²) in [6.07, 6.45) is 0. The lowest BCUT2D eigenvalue weighted by molar-refractivity contribution is 0.0951. The number of H-pyrrole nitrogens is 2. The molecule has 0 saturated carbocycles. The minimum atomic E-state index is -0.230. The van der Waals surface area contributed by atoms with Crippen molar-refractivity contribution in [2.24, 2.45) is 0 Å². The topological polar surface area (TPSA) is 77.8 Å². The molecule has 5 heteroatoms. The van der Waals surface area contributed by atoms with Crippen LogP contribution in [0.3, 0.4) is 0 Å². The SMILES string of the molecule is CC(C)c1ccc(C(=O)NCc2ccc3[nH]c(=O)[nH]c3c2)cc1. The van der Waals surface area contributed by atoms with Gasteiger partial charge in [-0.05, 0) is 41.3 Å². The zero-order valence-electron chi connectivity index (χ0n) is 13.1. The summed E-state index contributed by atoms with van der Waals surface area (Å²) < 4.78 is 0. The van der Waals surface area contributed by atoms with E-state index in [-0.39, 0.29) is 11.6 Å². The van der Waals surface area contributed by atoms with Gasteiger partial charge in [0.25, 0.3) is 5.91 Å². The summed E-state index contributed by atoms with van der Waals surface area (Å²) in [7, 11) is 0. The third kappa shape index (κ3) is 3.34. The van der Waals surface area contributed by atoms with Gasteiger partial charge in [0.15, 0.2) is 0 Å². The van der Waals surface area contributed by atoms with Crippen molar-refractivity contribution in [2.45, 2.75) is 26.3 Å². The zero-order valence-corrected chi connectivity index (χ0v) is 13.1. The lowest BCUT2D eigenvalue weighted by Gasteiger charge is -2.08. The van der Waals surface area contributed by atoms with Gasteiger partial charge < -0.3 is 15.3 Å². The Morgan fingerprint density at radius 3 is 2.43 bits per heavy atom. The fourth-order valence-corrected chi connectivity index (χ4v) is 2.49. The molecule has 2 aromatic carbocycles. The molecule has 5 nitrogen and oxygen atoms in total. The molecular weight excluding hydrogens is 290 g/mol. The molecule has 3 rings (SSSR count). The minimum Gasteiger partial charge on any atom is -0.348 e. The van der Waals surface area contributed by atoms with Crippen LogP contribution in [0.15, 0.2) is 47.3 Å². The first kappa shape index (κ1) is 15.1. The van der Waals surface area contributed by atoms with E-state index in [4.69, 9.17) is 0 Å². The number of carbonyl (C=O) groups is 1. The molecule has 0 bridgehead atoms. The summed E-state index contributed by atoms with van der Waals surface area (Å²) in [5.74, 6) is 0.338. The monoisotopic (exact) mass is 309 g/mol. The minimum absolute atomic E-state index is 0.108. The average Bonchev–Trinajstić information content (AvgIpc) is 2.92. The molecule has 0 saturated heterocycles. The first-order valence-electron chi connectivity index (χ1n) is 7.62. The molecule has 118 valence electrons. The van der Waals surface area contributed by atoms with Crippen LogP contribution in [0, 0.1) is 0 Å². The fraction of sp³-hybridized carbons (Fsp3) is 0.222. The van der Waals surface area contributed by atoms with Crippen LogP contribution >= 0.6 is 0 Å². The summed E-state index contributed by atoms with van der Waals surface area (Å²) >= 11 is 0. The van der Waals surface area contributed by atoms with Crippen molar-refractivity contribution in [3.05, 3.63) is 69.6 Å². The van der Waals surface area contributed by atoms with Gasteiger partial charge in [-0.3, -0.25) is 4.79 Å². The highest BCUT2D eigenvalue weighted by Gasteiger charge is 2.07. The highest BCUT2D eigenvalue weighted by Crippen LogP contribution is 2.15. The van der Waals surface area contributed by atoms with Crippen molar-refractivity contribution < 1.29 is 4.79 Å². The van der Waals surface area contributed by atoms with E-state index in [9.17, 15) is 9.59 Å². The van der Waals surface area contributed by atoms with Crippen molar-refractivity contribution in [3.63, 3.8) is 0 Å². The summed E-state index contributed by atoms with van der Waals surface area (Å²) in [4.78, 5) is 28.8. The summed E-state index contributed by atoms with van der Waals surface area (Å²) in [5.41, 5.74) is 4.05. The van der Waals surface area contributed by atoms with Crippen LogP contribution in [0.4, 0.5) is 0 Å². The summed E-state index contributed by atoms with van der Waals surface area (Å²) in [6, 6.07) is 13.2. The molecule has 0 atom stereocenters. The smallest absolute Gasteiger partial charge is 0.323 e. The number of imidazole rings is 1. The van der Waals surface area contributed by atoms with Crippen molar-refractivity contribution in [1.29, 1.82) is 0 Å². The highest BCUT2D eigenvalue weighted by molar-refractivity contribution is 5.94. The van der Waals surface area contributed by atoms with E-state index in [1.165, 1.54) is 5.56 Å². The van der Waals surface area contributed by atoms with Gasteiger partial charge in [0.1, 0.15) is 0 Å². The summed E-state index contributed by atoms with van der Waals surface area (Å²) in [6.45, 7) is 4.65. The molecule has 0 aliphatic heterocycles. The van der Waals surface area contributed by atoms with Crippen LogP contribution in [-0.2, 0) is 6.54 Å². The van der Waals surface area contributed by atoms with Crippen molar-refractivity contribution in [2.75, 3.05) is 0 Å². The molecule has 0 unspecified atom stereocenters. The quantitative estimate of drug-likeness (QED) is 0.693. The van der Waals surface area contributed by atoms with Crippen LogP contribution in [0.1, 0.15) is 41.3 Å². The Bertz CT molecular complexity index is 889. The van der Waals surface area contributed by atoms with Gasteiger partial charge in [0, 0.05) is 12.1 Å². The number of hydrogen-bond acceptors (Lipinski definition) is 2. The number of benzene rings is 2. The van der Waals surface area contributed by atoms with Crippen LogP contribution in [-0.4, -0.2) is 15.9 Å². The molecule has 0 aliphatic carbocycles. The second-order valence-corrected chi connectivity index (χ2v) is 5.92. The van der Waals surface area contributed by atoms with E-state index in [2.05, 4.69) is 29.1 Å². The lowest BCUT2D eigenvalue weighted by Crippen LogP contribution is -2.22. The van der Waals surface area contributed by atoms with Gasteiger partial charge in [-0.1, -0.05) is 32.0 Å². The number of amides is 1. The van der Waals surface area contributed by atoms with Crippen LogP contribution in [0.5, 0.6) is 0 Å². The Balaban J connectivity index is 1.68. The predicted octanol–water partition coefficient (Wildman–Crippen LogP) is 2.91. The van der Waals surface area contributed by atoms with Gasteiger partial charge in [0.2, 0.25) is 0 Å². The molecule has 0 spiro atoms. The Morgan fingerprint density at radius 1 is 1.04 bits per heavy atom. The number of nitrogens with one attached hydrogen (secondary N) is 3. The predicted molar refractivity (Wildman–Crippen MR) is 90.6 cm³/mol. The number of aromatic amines is 2. The number of fused-ring (bicyclic) bond motifs is 1. The maximum Gasteiger partial charge on any atom is 0.323 e. The van der Waals surface area contributed by atoms with E-state index < -0.39 is 0 Å². The molecule has 0 radical (unpaired) electrons. The second kappa shape index (κ2) is 6.12. The molecule has 1 heterocycles. The summed E-state index contributed by atoms with van der Waals surface area (Å²) in [5, 5.41) is 2.89. The zero-order chi connectivity index (χ0) is 16.4. The van der Waals surface area contributed by atoms with Gasteiger partial charge in [-0.2, -0.15) is 0 Å². The maximum atomic E-state index is 12.2. The van der Waals surface area contributed by atoms with Gasteiger partial charge >= 0.3 is 5.69 Å². The maximum absolute atomic E-state index is 12.2. The first-order chi connectivity index (χ1) is 11.0. The van der Waals surface area contributed by atoms with Gasteiger partial charge in [-0.15, -0.1) is 0 Å². The average molecular weight is 309 g/mol. The number of rotatable bonds is 4. The van der Waals surface area contributed by atoms with Gasteiger partial charge in [0.05, 0.1) is 11.0 Å². The molecule has 1 aromatic heterocycles. The normalized spacial score (nSPS) is 11.1. The van der Waals surface area contributed by atoms with E-state index in [1.807, 2.05) is 42.5 Å². The third-order valence-electron chi connectivity index (χ3n) is 3.87. The second-order valence-electron chi connectivity index (χ2n) is 5.92. The molecule has 23 heavy (non-hydrogen) atoms. The number of carbonyl (C=O) groups excluding carboxylic acids is 1. The molecule has 1 amide bonds. The van der Waals surface area contributed by atoms with E-state index in [1.54, 1.807) is 0 Å². The van der Waals surface area contributed by atoms with Crippen molar-refractivity contribution in [1.82, 2.24) is 15.3 Å². The fourth-order valence-electron chi connectivity index (χ4n) is 2.49.